The fraction of sp³-hybridized carbons (Fsp3) is 0. The molecule has 0 spiro atoms. The summed E-state index contributed by atoms with van der Waals surface area (Å²) in [4.78, 5) is 0. The molecule has 170 valence electrons. The quantitative estimate of drug-likeness (QED) is 0.294. The van der Waals surface area contributed by atoms with Crippen LogP contribution in [0.4, 0.5) is 5.69 Å². The number of fused-ring (bicyclic) bond motifs is 8. The first kappa shape index (κ1) is 19.5. The van der Waals surface area contributed by atoms with Gasteiger partial charge in [0.2, 0.25) is 0 Å². The summed E-state index contributed by atoms with van der Waals surface area (Å²) in [5, 5.41) is 8.69. The average molecular weight is 493 g/mol. The molecule has 1 N–H and O–H groups in total. The Morgan fingerprint density at radius 1 is 0.658 bits per heavy atom. The van der Waals surface area contributed by atoms with Crippen molar-refractivity contribution in [1.29, 1.82) is 0 Å². The van der Waals surface area contributed by atoms with Gasteiger partial charge in [-0.1, -0.05) is 0 Å². The molecule has 0 unspecified atom stereocenters. The van der Waals surface area contributed by atoms with Gasteiger partial charge >= 0.3 is 224 Å². The van der Waals surface area contributed by atoms with E-state index in [-0.39, 0.29) is 0 Å². The summed E-state index contributed by atoms with van der Waals surface area (Å²) >= 11 is 0. The number of hydrogen-bond donors (Lipinski definition) is 1. The van der Waals surface area contributed by atoms with Gasteiger partial charge in [-0.3, -0.25) is 0 Å². The van der Waals surface area contributed by atoms with E-state index in [0.29, 0.717) is 6.71 Å². The second-order valence-electron chi connectivity index (χ2n) is 12.0. The van der Waals surface area contributed by atoms with Gasteiger partial charge in [-0.2, -0.15) is 0 Å². The molecule has 5 aromatic carbocycles. The molecule has 0 amide bonds. The Kier molecular flexibility index (Phi) is 3.02. The molecular formula is C30H19B5N2P-. The van der Waals surface area contributed by atoms with Gasteiger partial charge in [-0.05, 0) is 0 Å². The molecule has 2 radical (unpaired) electrons. The van der Waals surface area contributed by atoms with Crippen LogP contribution in [0.15, 0.2) is 109 Å². The van der Waals surface area contributed by atoms with Crippen LogP contribution in [0.1, 0.15) is 0 Å². The van der Waals surface area contributed by atoms with Crippen molar-refractivity contribution in [3.05, 3.63) is 109 Å². The van der Waals surface area contributed by atoms with Crippen LogP contribution in [0.5, 0.6) is 0 Å². The summed E-state index contributed by atoms with van der Waals surface area (Å²) < 4.78 is 2.55. The number of nitrogens with zero attached hydrogens (tertiary/aromatic N) is 1. The minimum absolute atomic E-state index is 0.295. The molecule has 0 aliphatic carbocycles. The third-order valence-corrected chi connectivity index (χ3v) is 17.9. The van der Waals surface area contributed by atoms with Crippen molar-refractivity contribution >= 4 is 88.0 Å². The number of aromatic nitrogens is 1. The summed E-state index contributed by atoms with van der Waals surface area (Å²) in [6.07, 6.45) is 0.221. The molecular weight excluding hydrogens is 473 g/mol. The second kappa shape index (κ2) is 5.87. The summed E-state index contributed by atoms with van der Waals surface area (Å²) in [5.41, 5.74) is 12.8. The molecule has 4 saturated heterocycles. The molecule has 6 aromatic rings. The number of nitrogens with one attached hydrogen (secondary N) is 1. The van der Waals surface area contributed by atoms with Crippen LogP contribution in [0, 0.1) is 0 Å². The zero-order valence-electron chi connectivity index (χ0n) is 20.7. The molecule has 4 fully saturated rings. The van der Waals surface area contributed by atoms with Crippen LogP contribution in [-0.2, 0) is 0 Å². The standard InChI is InChI=1S/C30H19B5N2P/c1-2-9-19(10-3-1)36-38(33-31-34(38)35(33)38)27-18-8-13-22-21-12-7-17-26-28(21)32(29(22)27)24-15-6-14-23-20-11-4-5-16-25(20)37(26)30(23)24/h1-18,36H/q-1. The first-order valence-corrected chi connectivity index (χ1v) is 16.3. The van der Waals surface area contributed by atoms with E-state index >= 15 is 0 Å². The van der Waals surface area contributed by atoms with Gasteiger partial charge in [0.1, 0.15) is 0 Å². The SMILES string of the molecule is [B-]1B2B3B1P23(Nc1ccccc1)c1cccc2c1B1c3c-2cccc3-n2c3ccccc3c3cccc1c32. The molecule has 2 bridgehead atoms. The maximum absolute atomic E-state index is 4.29. The summed E-state index contributed by atoms with van der Waals surface area (Å²) in [6, 6.07) is 41.2. The number of anilines is 1. The van der Waals surface area contributed by atoms with Crippen LogP contribution >= 0.6 is 6.39 Å². The Morgan fingerprint density at radius 2 is 1.37 bits per heavy atom. The Hall–Kier alpha value is -3.55. The predicted octanol–water partition coefficient (Wildman–Crippen LogP) is 3.67. The molecule has 12 rings (SSSR count). The van der Waals surface area contributed by atoms with Gasteiger partial charge in [-0.25, -0.2) is 0 Å². The Morgan fingerprint density at radius 3 is 2.18 bits per heavy atom. The molecule has 0 saturated carbocycles. The van der Waals surface area contributed by atoms with Crippen molar-refractivity contribution in [2.45, 2.75) is 0 Å². The van der Waals surface area contributed by atoms with Gasteiger partial charge in [0.05, 0.1) is 0 Å². The maximum atomic E-state index is 4.29. The average Bonchev–Trinajstić information content (AvgIpc) is 3.39. The van der Waals surface area contributed by atoms with E-state index in [2.05, 4.69) is 126 Å². The summed E-state index contributed by atoms with van der Waals surface area (Å²) in [7, 11) is 2.64. The summed E-state index contributed by atoms with van der Waals surface area (Å²) in [5.74, 6) is 0. The first-order chi connectivity index (χ1) is 18.8. The van der Waals surface area contributed by atoms with E-state index in [1.54, 1.807) is 10.8 Å². The van der Waals surface area contributed by atoms with Gasteiger partial charge in [0.25, 0.3) is 0 Å². The van der Waals surface area contributed by atoms with E-state index < -0.39 is 6.39 Å². The van der Waals surface area contributed by atoms with Crippen molar-refractivity contribution in [3.8, 4) is 16.8 Å². The number of benzene rings is 5. The third-order valence-electron chi connectivity index (χ3n) is 10.8. The Labute approximate surface area is 223 Å². The molecule has 1 aromatic heterocycles. The van der Waals surface area contributed by atoms with Gasteiger partial charge in [-0.15, -0.1) is 0 Å². The molecule has 7 heterocycles. The van der Waals surface area contributed by atoms with Crippen LogP contribution in [0.3, 0.4) is 0 Å². The number of hydrogen-bond acceptors (Lipinski definition) is 1. The molecule has 38 heavy (non-hydrogen) atoms. The van der Waals surface area contributed by atoms with E-state index in [0.717, 1.165) is 18.6 Å². The molecule has 0 atom stereocenters. The number of rotatable bonds is 3. The van der Waals surface area contributed by atoms with E-state index in [9.17, 15) is 0 Å². The first-order valence-electron chi connectivity index (χ1n) is 13.8. The van der Waals surface area contributed by atoms with Crippen LogP contribution in [0.25, 0.3) is 38.6 Å². The fourth-order valence-electron chi connectivity index (χ4n) is 9.27. The van der Waals surface area contributed by atoms with E-state index in [4.69, 9.17) is 0 Å². The van der Waals surface area contributed by atoms with Crippen molar-refractivity contribution < 1.29 is 0 Å². The number of para-hydroxylation sites is 3. The van der Waals surface area contributed by atoms with Crippen molar-refractivity contribution in [1.82, 2.24) is 4.57 Å². The van der Waals surface area contributed by atoms with Crippen molar-refractivity contribution in [2.24, 2.45) is 0 Å². The summed E-state index contributed by atoms with van der Waals surface area (Å²) in [6.45, 7) is 0.295. The minimum atomic E-state index is -2.18. The topological polar surface area (TPSA) is 17.0 Å². The molecule has 2 nitrogen and oxygen atoms in total. The van der Waals surface area contributed by atoms with Crippen LogP contribution in [0.2, 0.25) is 0 Å². The van der Waals surface area contributed by atoms with Crippen LogP contribution in [-0.4, -0.2) is 37.0 Å². The third kappa shape index (κ3) is 1.75. The fourth-order valence-corrected chi connectivity index (χ4v) is 17.6. The molecule has 8 heteroatoms. The zero-order valence-corrected chi connectivity index (χ0v) is 21.6. The van der Waals surface area contributed by atoms with Gasteiger partial charge < -0.3 is 0 Å². The Bertz CT molecular complexity index is 2090. The normalized spacial score (nSPS) is 19.8. The van der Waals surface area contributed by atoms with E-state index in [1.807, 2.05) is 0 Å². The Balaban J connectivity index is 1.25. The monoisotopic (exact) mass is 493 g/mol. The van der Waals surface area contributed by atoms with Crippen LogP contribution < -0.4 is 26.8 Å². The zero-order chi connectivity index (χ0) is 24.4. The van der Waals surface area contributed by atoms with Crippen molar-refractivity contribution in [3.63, 3.8) is 0 Å². The van der Waals surface area contributed by atoms with Gasteiger partial charge in [0.15, 0.2) is 0 Å². The second-order valence-corrected chi connectivity index (χ2v) is 17.1. The molecule has 6 aliphatic heterocycles. The van der Waals surface area contributed by atoms with Crippen molar-refractivity contribution in [2.75, 3.05) is 5.09 Å². The predicted molar refractivity (Wildman–Crippen MR) is 171 cm³/mol. The molecule has 6 aliphatic rings. The van der Waals surface area contributed by atoms with Gasteiger partial charge in [0, 0.05) is 0 Å². The van der Waals surface area contributed by atoms with E-state index in [1.165, 1.54) is 55.2 Å².